The third kappa shape index (κ3) is 2.96. The highest BCUT2D eigenvalue weighted by molar-refractivity contribution is 6.23. The first kappa shape index (κ1) is 24.7. The number of hydrogen-bond acceptors (Lipinski definition) is 4. The number of benzene rings is 1. The second kappa shape index (κ2) is 7.94. The number of imide groups is 1. The number of ether oxygens (including phenoxy) is 1. The molecule has 7 rings (SSSR count). The van der Waals surface area contributed by atoms with Gasteiger partial charge in [0, 0.05) is 5.41 Å². The van der Waals surface area contributed by atoms with E-state index in [2.05, 4.69) is 26.8 Å². The molecule has 1 spiro atoms. The number of carbonyl (C=O) groups excluding carboxylic acids is 2. The molecule has 1 aromatic rings. The van der Waals surface area contributed by atoms with E-state index in [4.69, 9.17) is 4.74 Å². The van der Waals surface area contributed by atoms with Crippen LogP contribution in [0.1, 0.15) is 66.2 Å². The molecule has 6 aliphatic rings. The van der Waals surface area contributed by atoms with Crippen molar-refractivity contribution in [3.63, 3.8) is 0 Å². The number of amides is 2. The number of fused-ring (bicyclic) bond motifs is 1. The van der Waals surface area contributed by atoms with Crippen LogP contribution < -0.4 is 9.64 Å². The summed E-state index contributed by atoms with van der Waals surface area (Å²) in [6.45, 7) is 8.65. The average molecular weight is 506 g/mol. The lowest BCUT2D eigenvalue weighted by molar-refractivity contribution is -0.194. The van der Waals surface area contributed by atoms with Gasteiger partial charge in [0.05, 0.1) is 30.0 Å². The Hall–Kier alpha value is -2.63. The molecule has 2 bridgehead atoms. The first-order chi connectivity index (χ1) is 17.5. The van der Waals surface area contributed by atoms with Gasteiger partial charge >= 0.3 is 5.97 Å². The van der Waals surface area contributed by atoms with Crippen LogP contribution >= 0.6 is 0 Å². The number of aliphatic carboxylic acids is 1. The Labute approximate surface area is 219 Å². The maximum atomic E-state index is 14.4. The summed E-state index contributed by atoms with van der Waals surface area (Å²) < 4.78 is 5.56. The number of nitrogens with zero attached hydrogens (tertiary/aromatic N) is 1. The molecule has 1 saturated heterocycles. The van der Waals surface area contributed by atoms with Gasteiger partial charge in [-0.15, -0.1) is 0 Å². The number of methoxy groups -OCH3 is 1. The SMILES string of the molecule is COc1ccccc1N1C(=O)C2C3CC4[C@@]5(C)CCC[C@@](C)(C(=O)O)C5CC[C@@]4(C=C3C(C)C)C2C1=O. The smallest absolute Gasteiger partial charge is 0.309 e. The van der Waals surface area contributed by atoms with E-state index in [1.54, 1.807) is 19.2 Å². The van der Waals surface area contributed by atoms with E-state index in [9.17, 15) is 19.5 Å². The van der Waals surface area contributed by atoms with E-state index in [1.807, 2.05) is 19.1 Å². The minimum Gasteiger partial charge on any atom is -0.495 e. The van der Waals surface area contributed by atoms with Crippen LogP contribution in [-0.4, -0.2) is 30.0 Å². The van der Waals surface area contributed by atoms with Crippen LogP contribution in [0.15, 0.2) is 35.9 Å². The minimum atomic E-state index is -0.742. The van der Waals surface area contributed by atoms with Crippen molar-refractivity contribution >= 4 is 23.5 Å². The molecule has 6 nitrogen and oxygen atoms in total. The third-order valence-electron chi connectivity index (χ3n) is 11.5. The quantitative estimate of drug-likeness (QED) is 0.419. The molecule has 1 N–H and O–H groups in total. The maximum Gasteiger partial charge on any atom is 0.309 e. The van der Waals surface area contributed by atoms with E-state index in [0.717, 1.165) is 32.1 Å². The molecule has 5 aliphatic carbocycles. The lowest BCUT2D eigenvalue weighted by Crippen LogP contribution is -2.65. The van der Waals surface area contributed by atoms with Crippen LogP contribution in [0.5, 0.6) is 5.75 Å². The Bertz CT molecular complexity index is 1220. The maximum absolute atomic E-state index is 14.4. The summed E-state index contributed by atoms with van der Waals surface area (Å²) in [5, 5.41) is 10.3. The molecule has 198 valence electrons. The van der Waals surface area contributed by atoms with Gasteiger partial charge in [0.2, 0.25) is 11.8 Å². The number of allylic oxidation sites excluding steroid dienone is 2. The number of carboxylic acids is 1. The molecule has 1 aliphatic heterocycles. The fourth-order valence-electron chi connectivity index (χ4n) is 10.0. The predicted octanol–water partition coefficient (Wildman–Crippen LogP) is 5.71. The molecular weight excluding hydrogens is 466 g/mol. The molecule has 6 heteroatoms. The Kier molecular flexibility index (Phi) is 5.30. The van der Waals surface area contributed by atoms with Crippen molar-refractivity contribution in [3.05, 3.63) is 35.9 Å². The van der Waals surface area contributed by atoms with Crippen molar-refractivity contribution in [1.82, 2.24) is 0 Å². The van der Waals surface area contributed by atoms with E-state index >= 15 is 0 Å². The van der Waals surface area contributed by atoms with E-state index in [0.29, 0.717) is 23.8 Å². The van der Waals surface area contributed by atoms with Crippen molar-refractivity contribution < 1.29 is 24.2 Å². The first-order valence-electron chi connectivity index (χ1n) is 14.0. The molecule has 5 unspecified atom stereocenters. The van der Waals surface area contributed by atoms with Gasteiger partial charge in [0.1, 0.15) is 5.75 Å². The van der Waals surface area contributed by atoms with Gasteiger partial charge in [-0.25, -0.2) is 4.90 Å². The van der Waals surface area contributed by atoms with Crippen molar-refractivity contribution in [2.75, 3.05) is 12.0 Å². The van der Waals surface area contributed by atoms with Crippen LogP contribution in [0.25, 0.3) is 0 Å². The average Bonchev–Trinajstić information content (AvgIpc) is 3.15. The minimum absolute atomic E-state index is 0.0154. The zero-order chi connectivity index (χ0) is 26.5. The molecule has 8 atom stereocenters. The fraction of sp³-hybridized carbons (Fsp3) is 0.645. The van der Waals surface area contributed by atoms with E-state index < -0.39 is 22.7 Å². The first-order valence-corrected chi connectivity index (χ1v) is 14.0. The molecule has 0 aromatic heterocycles. The predicted molar refractivity (Wildman–Crippen MR) is 140 cm³/mol. The Morgan fingerprint density at radius 2 is 1.81 bits per heavy atom. The molecule has 1 aromatic carbocycles. The Morgan fingerprint density at radius 1 is 1.08 bits per heavy atom. The molecule has 3 saturated carbocycles. The number of rotatable bonds is 4. The van der Waals surface area contributed by atoms with Gasteiger partial charge in [-0.2, -0.15) is 0 Å². The zero-order valence-corrected chi connectivity index (χ0v) is 22.6. The Balaban J connectivity index is 1.50. The summed E-state index contributed by atoms with van der Waals surface area (Å²) in [7, 11) is 1.57. The van der Waals surface area contributed by atoms with Crippen LogP contribution in [0.4, 0.5) is 5.69 Å². The second-order valence-electron chi connectivity index (χ2n) is 13.2. The van der Waals surface area contributed by atoms with Crippen molar-refractivity contribution in [2.24, 2.45) is 51.8 Å². The summed E-state index contributed by atoms with van der Waals surface area (Å²) in [5.74, 6) is -0.527. The van der Waals surface area contributed by atoms with Crippen LogP contribution in [0.3, 0.4) is 0 Å². The topological polar surface area (TPSA) is 83.9 Å². The van der Waals surface area contributed by atoms with Crippen LogP contribution in [-0.2, 0) is 14.4 Å². The van der Waals surface area contributed by atoms with Gasteiger partial charge < -0.3 is 9.84 Å². The summed E-state index contributed by atoms with van der Waals surface area (Å²) in [6, 6.07) is 7.29. The number of anilines is 1. The Morgan fingerprint density at radius 3 is 2.49 bits per heavy atom. The molecule has 2 amide bonds. The van der Waals surface area contributed by atoms with E-state index in [-0.39, 0.29) is 40.9 Å². The summed E-state index contributed by atoms with van der Waals surface area (Å²) in [6.07, 6.45) is 7.42. The lowest BCUT2D eigenvalue weighted by atomic mass is 9.34. The summed E-state index contributed by atoms with van der Waals surface area (Å²) in [5.41, 5.74) is 0.523. The number of carboxylic acid groups (broad SMARTS) is 1. The van der Waals surface area contributed by atoms with Crippen LogP contribution in [0, 0.1) is 51.8 Å². The number of para-hydroxylation sites is 2. The fourth-order valence-corrected chi connectivity index (χ4v) is 10.0. The zero-order valence-electron chi connectivity index (χ0n) is 22.6. The van der Waals surface area contributed by atoms with Gasteiger partial charge in [-0.05, 0) is 80.2 Å². The van der Waals surface area contributed by atoms with Gasteiger partial charge in [0.15, 0.2) is 0 Å². The highest BCUT2D eigenvalue weighted by atomic mass is 16.5. The van der Waals surface area contributed by atoms with Crippen LogP contribution in [0.2, 0.25) is 0 Å². The van der Waals surface area contributed by atoms with Gasteiger partial charge in [-0.3, -0.25) is 14.4 Å². The summed E-state index contributed by atoms with van der Waals surface area (Å²) in [4.78, 5) is 42.5. The van der Waals surface area contributed by atoms with Crippen molar-refractivity contribution in [3.8, 4) is 5.75 Å². The number of hydrogen-bond donors (Lipinski definition) is 1. The molecule has 1 heterocycles. The lowest BCUT2D eigenvalue weighted by Gasteiger charge is -2.68. The third-order valence-corrected chi connectivity index (χ3v) is 11.5. The molecule has 4 fully saturated rings. The molecular formula is C31H39NO5. The normalized spacial score (nSPS) is 42.3. The monoisotopic (exact) mass is 505 g/mol. The molecule has 37 heavy (non-hydrogen) atoms. The second-order valence-corrected chi connectivity index (χ2v) is 13.2. The molecule has 0 radical (unpaired) electrons. The summed E-state index contributed by atoms with van der Waals surface area (Å²) >= 11 is 0. The number of carbonyl (C=O) groups is 3. The van der Waals surface area contributed by atoms with Crippen molar-refractivity contribution in [2.45, 2.75) is 66.2 Å². The standard InChI is InChI=1S/C31H39NO5/c1-17(2)19-16-31-14-11-22-29(3,12-8-13-30(22,4)28(35)36)23(31)15-18(19)24-25(31)27(34)32(26(24)33)20-9-6-7-10-21(20)37-5/h6-7,9-10,16-18,22-25H,8,11-15H2,1-5H3,(H,35,36)/t18?,22?,23?,24?,25?,29-,30+,31-/m0/s1. The van der Waals surface area contributed by atoms with Gasteiger partial charge in [0.25, 0.3) is 0 Å². The van der Waals surface area contributed by atoms with Crippen molar-refractivity contribution in [1.29, 1.82) is 0 Å². The highest BCUT2D eigenvalue weighted by Gasteiger charge is 2.73. The van der Waals surface area contributed by atoms with Gasteiger partial charge in [-0.1, -0.05) is 51.0 Å². The van der Waals surface area contributed by atoms with E-state index in [1.165, 1.54) is 10.5 Å². The highest BCUT2D eigenvalue weighted by Crippen LogP contribution is 2.74. The largest absolute Gasteiger partial charge is 0.495 e.